The van der Waals surface area contributed by atoms with Crippen molar-refractivity contribution < 1.29 is 0 Å². The Morgan fingerprint density at radius 3 is 2.08 bits per heavy atom. The second kappa shape index (κ2) is 14.1. The van der Waals surface area contributed by atoms with Gasteiger partial charge in [0.05, 0.1) is 0 Å². The smallest absolute Gasteiger partial charge is 0.00270 e. The maximum atomic E-state index is 3.93. The van der Waals surface area contributed by atoms with E-state index in [1.165, 1.54) is 99.5 Å². The minimum absolute atomic E-state index is 0.510. The highest BCUT2D eigenvalue weighted by molar-refractivity contribution is 6.11. The van der Waals surface area contributed by atoms with Gasteiger partial charge in [0.25, 0.3) is 0 Å². The highest BCUT2D eigenvalue weighted by Crippen LogP contribution is 2.46. The van der Waals surface area contributed by atoms with Crippen molar-refractivity contribution in [1.82, 2.24) is 0 Å². The predicted molar refractivity (Wildman–Crippen MR) is 228 cm³/mol. The van der Waals surface area contributed by atoms with E-state index in [0.29, 0.717) is 5.92 Å². The van der Waals surface area contributed by atoms with Crippen molar-refractivity contribution >= 4 is 33.2 Å². The lowest BCUT2D eigenvalue weighted by Crippen LogP contribution is -2.05. The van der Waals surface area contributed by atoms with Gasteiger partial charge in [0.15, 0.2) is 0 Å². The Bertz CT molecular complexity index is 2540. The number of aryl methyl sites for hydroxylation is 2. The topological polar surface area (TPSA) is 0 Å². The molecule has 254 valence electrons. The van der Waals surface area contributed by atoms with Crippen LogP contribution in [0.5, 0.6) is 0 Å². The fourth-order valence-corrected chi connectivity index (χ4v) is 8.58. The molecule has 0 heteroatoms. The van der Waals surface area contributed by atoms with Crippen LogP contribution in [-0.4, -0.2) is 0 Å². The first-order valence-electron chi connectivity index (χ1n) is 18.7. The van der Waals surface area contributed by atoms with Crippen LogP contribution in [-0.2, 0) is 6.42 Å². The van der Waals surface area contributed by atoms with Crippen LogP contribution in [0.2, 0.25) is 0 Å². The van der Waals surface area contributed by atoms with Gasteiger partial charge in [0.1, 0.15) is 0 Å². The predicted octanol–water partition coefficient (Wildman–Crippen LogP) is 14.6. The largest absolute Gasteiger partial charge is 0.0991 e. The van der Waals surface area contributed by atoms with E-state index in [1.807, 2.05) is 6.08 Å². The molecule has 6 aromatic carbocycles. The van der Waals surface area contributed by atoms with Gasteiger partial charge in [-0.25, -0.2) is 0 Å². The Morgan fingerprint density at radius 2 is 1.31 bits per heavy atom. The zero-order valence-corrected chi connectivity index (χ0v) is 30.8. The van der Waals surface area contributed by atoms with Crippen molar-refractivity contribution in [3.05, 3.63) is 191 Å². The van der Waals surface area contributed by atoms with E-state index in [0.717, 1.165) is 19.3 Å². The van der Waals surface area contributed by atoms with E-state index in [4.69, 9.17) is 0 Å². The molecule has 0 aliphatic heterocycles. The summed E-state index contributed by atoms with van der Waals surface area (Å²) in [5.41, 5.74) is 18.5. The standard InChI is InChI=1S/C52H46/c1-6-7-18-43-35(3)29-34(2)30-50(43)42-26-28-45(37(5)32-42)52-47-20-11-9-8-10-19-46(47)51(48-21-14-15-22-49(48)52)44-27-25-40(31-36(44)4)41-24-23-38-16-12-13-17-39(38)33-41/h6-8,10-18,20-28,30-34H,1,9,19,29H2,2-5H3/b10-8-,18-7-,20-11-. The SMILES string of the molecule is C=C/C=C\C1=C(C)CC(C)C=C1c1ccc(-c2c3c(c(-c4ccc(-c5ccc6ccccc6c5)cc4C)c4ccccc24)C/C=C\C/C=C\3)c(C)c1. The molecule has 0 aromatic heterocycles. The lowest BCUT2D eigenvalue weighted by atomic mass is 9.79. The molecule has 6 aromatic rings. The molecule has 2 aliphatic carbocycles. The van der Waals surface area contributed by atoms with Crippen LogP contribution in [0.1, 0.15) is 54.5 Å². The fourth-order valence-electron chi connectivity index (χ4n) is 8.58. The first-order chi connectivity index (χ1) is 25.4. The molecule has 0 saturated carbocycles. The summed E-state index contributed by atoms with van der Waals surface area (Å²) < 4.78 is 0. The van der Waals surface area contributed by atoms with Crippen molar-refractivity contribution in [1.29, 1.82) is 0 Å². The van der Waals surface area contributed by atoms with Crippen molar-refractivity contribution in [2.75, 3.05) is 0 Å². The Morgan fingerprint density at radius 1 is 0.654 bits per heavy atom. The van der Waals surface area contributed by atoms with E-state index in [1.54, 1.807) is 0 Å². The molecule has 1 atom stereocenters. The molecule has 0 amide bonds. The fraction of sp³-hybridized carbons (Fsp3) is 0.154. The molecule has 0 saturated heterocycles. The van der Waals surface area contributed by atoms with Crippen molar-refractivity contribution in [2.24, 2.45) is 5.92 Å². The molecule has 0 nitrogen and oxygen atoms in total. The van der Waals surface area contributed by atoms with Crippen molar-refractivity contribution in [3.63, 3.8) is 0 Å². The molecule has 52 heavy (non-hydrogen) atoms. The molecule has 0 spiro atoms. The molecule has 0 radical (unpaired) electrons. The Hall–Kier alpha value is -5.72. The van der Waals surface area contributed by atoms with Crippen LogP contribution in [0.4, 0.5) is 0 Å². The number of allylic oxidation sites excluding steroid dienone is 10. The minimum atomic E-state index is 0.510. The summed E-state index contributed by atoms with van der Waals surface area (Å²) in [6.07, 6.45) is 20.9. The van der Waals surface area contributed by atoms with Gasteiger partial charge in [-0.15, -0.1) is 0 Å². The Balaban J connectivity index is 1.30. The highest BCUT2D eigenvalue weighted by atomic mass is 14.3. The molecule has 0 bridgehead atoms. The Labute approximate surface area is 309 Å². The number of hydrogen-bond acceptors (Lipinski definition) is 0. The highest BCUT2D eigenvalue weighted by Gasteiger charge is 2.23. The van der Waals surface area contributed by atoms with E-state index < -0.39 is 0 Å². The lowest BCUT2D eigenvalue weighted by Gasteiger charge is -2.25. The van der Waals surface area contributed by atoms with E-state index in [9.17, 15) is 0 Å². The number of hydrogen-bond donors (Lipinski definition) is 0. The van der Waals surface area contributed by atoms with Crippen molar-refractivity contribution in [2.45, 2.75) is 47.0 Å². The van der Waals surface area contributed by atoms with Gasteiger partial charge in [-0.3, -0.25) is 0 Å². The third-order valence-electron chi connectivity index (χ3n) is 11.0. The minimum Gasteiger partial charge on any atom is -0.0991 e. The van der Waals surface area contributed by atoms with Gasteiger partial charge in [0, 0.05) is 0 Å². The third-order valence-corrected chi connectivity index (χ3v) is 11.0. The number of benzene rings is 6. The average Bonchev–Trinajstić information content (AvgIpc) is 3.14. The summed E-state index contributed by atoms with van der Waals surface area (Å²) in [7, 11) is 0. The quantitative estimate of drug-likeness (QED) is 0.122. The van der Waals surface area contributed by atoms with Crippen LogP contribution in [0, 0.1) is 19.8 Å². The maximum Gasteiger partial charge on any atom is -0.00270 e. The van der Waals surface area contributed by atoms with E-state index in [-0.39, 0.29) is 0 Å². The monoisotopic (exact) mass is 670 g/mol. The molecular weight excluding hydrogens is 625 g/mol. The normalized spacial score (nSPS) is 17.2. The molecular formula is C52H46. The van der Waals surface area contributed by atoms with E-state index >= 15 is 0 Å². The van der Waals surface area contributed by atoms with Crippen LogP contribution < -0.4 is 0 Å². The number of rotatable bonds is 6. The van der Waals surface area contributed by atoms with Gasteiger partial charge in [-0.1, -0.05) is 165 Å². The van der Waals surface area contributed by atoms with E-state index in [2.05, 4.69) is 180 Å². The molecule has 0 fully saturated rings. The summed E-state index contributed by atoms with van der Waals surface area (Å²) >= 11 is 0. The van der Waals surface area contributed by atoms with Crippen LogP contribution in [0.15, 0.2) is 163 Å². The van der Waals surface area contributed by atoms with Crippen LogP contribution in [0.3, 0.4) is 0 Å². The van der Waals surface area contributed by atoms with Gasteiger partial charge < -0.3 is 0 Å². The summed E-state index contributed by atoms with van der Waals surface area (Å²) in [6, 6.07) is 38.7. The third kappa shape index (κ3) is 6.13. The van der Waals surface area contributed by atoms with Gasteiger partial charge in [-0.05, 0) is 146 Å². The number of fused-ring (bicyclic) bond motifs is 3. The lowest BCUT2D eigenvalue weighted by molar-refractivity contribution is 0.706. The van der Waals surface area contributed by atoms with Gasteiger partial charge in [-0.2, -0.15) is 0 Å². The first-order valence-corrected chi connectivity index (χ1v) is 18.7. The molecule has 2 aliphatic rings. The molecule has 0 N–H and O–H groups in total. The van der Waals surface area contributed by atoms with Gasteiger partial charge >= 0.3 is 0 Å². The summed E-state index contributed by atoms with van der Waals surface area (Å²) in [5.74, 6) is 0.510. The van der Waals surface area contributed by atoms with Gasteiger partial charge in [0.2, 0.25) is 0 Å². The zero-order chi connectivity index (χ0) is 35.8. The summed E-state index contributed by atoms with van der Waals surface area (Å²) in [5, 5.41) is 5.15. The summed E-state index contributed by atoms with van der Waals surface area (Å²) in [6.45, 7) is 13.1. The van der Waals surface area contributed by atoms with Crippen molar-refractivity contribution in [3.8, 4) is 33.4 Å². The van der Waals surface area contributed by atoms with Crippen LogP contribution >= 0.6 is 0 Å². The second-order valence-corrected chi connectivity index (χ2v) is 14.7. The Kier molecular flexibility index (Phi) is 9.08. The molecule has 0 heterocycles. The zero-order valence-electron chi connectivity index (χ0n) is 30.8. The average molecular weight is 671 g/mol. The van der Waals surface area contributed by atoms with Crippen LogP contribution in [0.25, 0.3) is 66.6 Å². The first kappa shape index (κ1) is 33.4. The summed E-state index contributed by atoms with van der Waals surface area (Å²) in [4.78, 5) is 0. The molecule has 8 rings (SSSR count). The molecule has 1 unspecified atom stereocenters. The maximum absolute atomic E-state index is 3.93. The second-order valence-electron chi connectivity index (χ2n) is 14.7.